The van der Waals surface area contributed by atoms with Gasteiger partial charge < -0.3 is 15.2 Å². The van der Waals surface area contributed by atoms with Crippen LogP contribution in [0.4, 0.5) is 5.00 Å². The first kappa shape index (κ1) is 13.1. The van der Waals surface area contributed by atoms with Gasteiger partial charge in [0.1, 0.15) is 10.8 Å². The number of hydrogen-bond donors (Lipinski definition) is 2. The van der Waals surface area contributed by atoms with Crippen molar-refractivity contribution in [2.24, 2.45) is 0 Å². The van der Waals surface area contributed by atoms with Crippen molar-refractivity contribution in [1.82, 2.24) is 4.37 Å². The van der Waals surface area contributed by atoms with Crippen molar-refractivity contribution in [2.45, 2.75) is 0 Å². The van der Waals surface area contributed by atoms with Crippen LogP contribution >= 0.6 is 34.1 Å². The van der Waals surface area contributed by atoms with Gasteiger partial charge in [0.15, 0.2) is 0 Å². The number of phenols is 1. The summed E-state index contributed by atoms with van der Waals surface area (Å²) in [7, 11) is 1.51. The van der Waals surface area contributed by atoms with Crippen LogP contribution in [0.5, 0.6) is 11.6 Å². The minimum absolute atomic E-state index is 0.0455. The van der Waals surface area contributed by atoms with Crippen molar-refractivity contribution in [1.29, 1.82) is 0 Å². The number of aromatic nitrogens is 1. The first-order chi connectivity index (χ1) is 8.60. The molecular weight excluding hydrogens is 367 g/mol. The third-order valence-electron chi connectivity index (χ3n) is 2.14. The lowest BCUT2D eigenvalue weighted by atomic mass is 10.2. The highest BCUT2D eigenvalue weighted by atomic mass is 127. The van der Waals surface area contributed by atoms with E-state index in [4.69, 9.17) is 4.74 Å². The molecule has 1 aromatic heterocycles. The molecule has 2 N–H and O–H groups in total. The molecule has 7 heteroatoms. The molecule has 1 amide bonds. The van der Waals surface area contributed by atoms with E-state index in [1.807, 2.05) is 0 Å². The molecule has 18 heavy (non-hydrogen) atoms. The minimum atomic E-state index is -0.379. The van der Waals surface area contributed by atoms with E-state index < -0.39 is 0 Å². The first-order valence-electron chi connectivity index (χ1n) is 4.90. The fraction of sp³-hybridized carbons (Fsp3) is 0.0909. The lowest BCUT2D eigenvalue weighted by Crippen LogP contribution is -2.11. The highest BCUT2D eigenvalue weighted by Gasteiger charge is 2.13. The molecule has 0 bridgehead atoms. The third-order valence-corrected chi connectivity index (χ3v) is 3.50. The molecule has 0 spiro atoms. The standard InChI is InChI=1S/C11H9IN2O3S/c1-17-9-5-10(18-14-9)13-11(16)7-3-2-6(12)4-8(7)15/h2-5,15H,1H3,(H,13,16). The summed E-state index contributed by atoms with van der Waals surface area (Å²) >= 11 is 3.18. The number of amides is 1. The van der Waals surface area contributed by atoms with Crippen LogP contribution in [-0.4, -0.2) is 22.5 Å². The predicted octanol–water partition coefficient (Wildman–Crippen LogP) is 2.71. The van der Waals surface area contributed by atoms with E-state index in [1.54, 1.807) is 18.2 Å². The van der Waals surface area contributed by atoms with E-state index in [2.05, 4.69) is 32.3 Å². The van der Waals surface area contributed by atoms with Gasteiger partial charge in [0.05, 0.1) is 12.7 Å². The molecule has 0 saturated carbocycles. The van der Waals surface area contributed by atoms with E-state index in [1.165, 1.54) is 13.2 Å². The number of rotatable bonds is 3. The number of ether oxygens (including phenoxy) is 1. The van der Waals surface area contributed by atoms with E-state index in [0.29, 0.717) is 10.9 Å². The minimum Gasteiger partial charge on any atom is -0.507 e. The Balaban J connectivity index is 2.16. The molecule has 0 radical (unpaired) electrons. The zero-order valence-corrected chi connectivity index (χ0v) is 12.3. The van der Waals surface area contributed by atoms with Crippen LogP contribution in [0.15, 0.2) is 24.3 Å². The summed E-state index contributed by atoms with van der Waals surface area (Å²) in [6.45, 7) is 0. The van der Waals surface area contributed by atoms with Crippen LogP contribution in [0.1, 0.15) is 10.4 Å². The van der Waals surface area contributed by atoms with Gasteiger partial charge in [-0.3, -0.25) is 4.79 Å². The molecule has 0 aliphatic heterocycles. The van der Waals surface area contributed by atoms with Crippen molar-refractivity contribution in [3.05, 3.63) is 33.4 Å². The molecule has 1 aromatic carbocycles. The van der Waals surface area contributed by atoms with Gasteiger partial charge in [0.2, 0.25) is 5.88 Å². The van der Waals surface area contributed by atoms with E-state index >= 15 is 0 Å². The lowest BCUT2D eigenvalue weighted by molar-refractivity contribution is 0.102. The Morgan fingerprint density at radius 3 is 2.89 bits per heavy atom. The third kappa shape index (κ3) is 2.91. The van der Waals surface area contributed by atoms with Gasteiger partial charge in [0, 0.05) is 9.64 Å². The fourth-order valence-corrected chi connectivity index (χ4v) is 2.37. The van der Waals surface area contributed by atoms with Gasteiger partial charge in [-0.2, -0.15) is 4.37 Å². The summed E-state index contributed by atoms with van der Waals surface area (Å²) < 4.78 is 9.74. The number of phenolic OH excluding ortho intramolecular Hbond substituents is 1. The average Bonchev–Trinajstić information content (AvgIpc) is 2.76. The molecule has 5 nitrogen and oxygen atoms in total. The summed E-state index contributed by atoms with van der Waals surface area (Å²) in [5, 5.41) is 12.9. The molecule has 0 atom stereocenters. The van der Waals surface area contributed by atoms with Crippen molar-refractivity contribution in [2.75, 3.05) is 12.4 Å². The highest BCUT2D eigenvalue weighted by molar-refractivity contribution is 14.1. The van der Waals surface area contributed by atoms with Crippen LogP contribution in [0.25, 0.3) is 0 Å². The van der Waals surface area contributed by atoms with Crippen molar-refractivity contribution in [3.8, 4) is 11.6 Å². The monoisotopic (exact) mass is 376 g/mol. The number of carbonyl (C=O) groups excluding carboxylic acids is 1. The van der Waals surface area contributed by atoms with E-state index in [0.717, 1.165) is 15.1 Å². The summed E-state index contributed by atoms with van der Waals surface area (Å²) in [4.78, 5) is 11.9. The van der Waals surface area contributed by atoms with E-state index in [-0.39, 0.29) is 17.2 Å². The lowest BCUT2D eigenvalue weighted by Gasteiger charge is -2.04. The zero-order valence-electron chi connectivity index (χ0n) is 9.31. The van der Waals surface area contributed by atoms with Crippen LogP contribution in [0.3, 0.4) is 0 Å². The molecule has 0 fully saturated rings. The summed E-state index contributed by atoms with van der Waals surface area (Å²) in [5.74, 6) is 0.0215. The maximum Gasteiger partial charge on any atom is 0.260 e. The second kappa shape index (κ2) is 5.53. The number of methoxy groups -OCH3 is 1. The Kier molecular flexibility index (Phi) is 4.02. The van der Waals surface area contributed by atoms with Gasteiger partial charge in [-0.1, -0.05) is 0 Å². The van der Waals surface area contributed by atoms with Gasteiger partial charge >= 0.3 is 0 Å². The number of hydrogen-bond acceptors (Lipinski definition) is 5. The Hall–Kier alpha value is -1.35. The summed E-state index contributed by atoms with van der Waals surface area (Å²) in [5.41, 5.74) is 0.225. The van der Waals surface area contributed by atoms with Crippen molar-refractivity contribution < 1.29 is 14.6 Å². The Morgan fingerprint density at radius 2 is 2.28 bits per heavy atom. The van der Waals surface area contributed by atoms with E-state index in [9.17, 15) is 9.90 Å². The molecule has 2 rings (SSSR count). The SMILES string of the molecule is COc1cc(NC(=O)c2ccc(I)cc2O)sn1. The number of anilines is 1. The number of benzene rings is 1. The maximum absolute atomic E-state index is 11.9. The molecular formula is C11H9IN2O3S. The number of nitrogens with zero attached hydrogens (tertiary/aromatic N) is 1. The molecule has 2 aromatic rings. The number of nitrogens with one attached hydrogen (secondary N) is 1. The molecule has 0 saturated heterocycles. The van der Waals surface area contributed by atoms with Crippen LogP contribution in [0, 0.1) is 3.57 Å². The number of halogens is 1. The van der Waals surface area contributed by atoms with Crippen LogP contribution < -0.4 is 10.1 Å². The smallest absolute Gasteiger partial charge is 0.260 e. The molecule has 0 unspecified atom stereocenters. The first-order valence-corrected chi connectivity index (χ1v) is 6.76. The Morgan fingerprint density at radius 1 is 1.50 bits per heavy atom. The van der Waals surface area contributed by atoms with Gasteiger partial charge in [0.25, 0.3) is 5.91 Å². The van der Waals surface area contributed by atoms with Crippen LogP contribution in [0.2, 0.25) is 0 Å². The second-order valence-corrected chi connectivity index (χ2v) is 5.40. The largest absolute Gasteiger partial charge is 0.507 e. The number of carbonyl (C=O) groups is 1. The zero-order chi connectivity index (χ0) is 13.1. The quantitative estimate of drug-likeness (QED) is 0.809. The Labute approximate surface area is 121 Å². The van der Waals surface area contributed by atoms with Gasteiger partial charge in [-0.25, -0.2) is 0 Å². The topological polar surface area (TPSA) is 71.5 Å². The fourth-order valence-electron chi connectivity index (χ4n) is 1.29. The van der Waals surface area contributed by atoms with Crippen LogP contribution in [-0.2, 0) is 0 Å². The molecule has 1 heterocycles. The van der Waals surface area contributed by atoms with Gasteiger partial charge in [-0.15, -0.1) is 0 Å². The number of aromatic hydroxyl groups is 1. The molecule has 0 aliphatic rings. The average molecular weight is 376 g/mol. The highest BCUT2D eigenvalue weighted by Crippen LogP contribution is 2.24. The molecule has 0 aliphatic carbocycles. The van der Waals surface area contributed by atoms with Crippen molar-refractivity contribution >= 4 is 45.0 Å². The molecule has 94 valence electrons. The van der Waals surface area contributed by atoms with Crippen molar-refractivity contribution in [3.63, 3.8) is 0 Å². The normalized spacial score (nSPS) is 10.1. The second-order valence-electron chi connectivity index (χ2n) is 3.35. The summed E-state index contributed by atoms with van der Waals surface area (Å²) in [6.07, 6.45) is 0. The summed E-state index contributed by atoms with van der Waals surface area (Å²) in [6, 6.07) is 6.47. The predicted molar refractivity (Wildman–Crippen MR) is 77.4 cm³/mol. The Bertz CT molecular complexity index is 585. The van der Waals surface area contributed by atoms with Gasteiger partial charge in [-0.05, 0) is 52.3 Å². The maximum atomic E-state index is 11.9.